The number of Topliss-reactive ketones (excluding diaryl/α,β-unsaturated/α-hetero) is 1. The van der Waals surface area contributed by atoms with Gasteiger partial charge in [0.25, 0.3) is 5.91 Å². The van der Waals surface area contributed by atoms with Crippen LogP contribution in [0.3, 0.4) is 0 Å². The second kappa shape index (κ2) is 14.3. The molecule has 0 spiro atoms. The molecule has 6 rings (SSSR count). The molecule has 5 saturated carbocycles. The molecule has 0 aromatic rings. The Labute approximate surface area is 318 Å². The molecule has 5 atom stereocenters. The molecule has 0 aromatic carbocycles. The van der Waals surface area contributed by atoms with E-state index < -0.39 is 97.7 Å². The molecule has 54 heavy (non-hydrogen) atoms. The van der Waals surface area contributed by atoms with Crippen molar-refractivity contribution in [1.82, 2.24) is 26.2 Å². The largest absolute Gasteiger partial charge is 0.347 e. The number of likely N-dealkylation sites (tertiary alicyclic amines) is 1. The zero-order valence-electron chi connectivity index (χ0n) is 32.8. The summed E-state index contributed by atoms with van der Waals surface area (Å²) in [7, 11) is -3.84. The van der Waals surface area contributed by atoms with E-state index in [0.29, 0.717) is 19.3 Å². The van der Waals surface area contributed by atoms with Gasteiger partial charge in [0.2, 0.25) is 23.5 Å². The molecule has 0 aromatic heterocycles. The fourth-order valence-corrected chi connectivity index (χ4v) is 10.9. The lowest BCUT2D eigenvalue weighted by molar-refractivity contribution is -0.146. The van der Waals surface area contributed by atoms with E-state index in [9.17, 15) is 41.2 Å². The van der Waals surface area contributed by atoms with Crippen molar-refractivity contribution in [3.8, 4) is 0 Å². The Balaban J connectivity index is 1.24. The molecule has 15 heteroatoms. The number of carbonyl (C=O) groups excluding carboxylic acids is 5. The van der Waals surface area contributed by atoms with E-state index >= 15 is 0 Å². The highest BCUT2D eigenvalue weighted by Gasteiger charge is 2.70. The third kappa shape index (κ3) is 8.60. The Hall–Kier alpha value is -2.84. The Bertz CT molecular complexity index is 1620. The van der Waals surface area contributed by atoms with Gasteiger partial charge in [-0.2, -0.15) is 0 Å². The number of piperidine rings is 1. The van der Waals surface area contributed by atoms with E-state index in [2.05, 4.69) is 21.3 Å². The molecule has 1 aliphatic heterocycles. The summed E-state index contributed by atoms with van der Waals surface area (Å²) < 4.78 is 54.5. The van der Waals surface area contributed by atoms with E-state index in [-0.39, 0.29) is 48.6 Å². The molecule has 1 unspecified atom stereocenters. The number of urea groups is 1. The van der Waals surface area contributed by atoms with Gasteiger partial charge in [0.1, 0.15) is 12.1 Å². The van der Waals surface area contributed by atoms with Gasteiger partial charge >= 0.3 is 6.03 Å². The lowest BCUT2D eigenvalue weighted by atomic mass is 9.70. The summed E-state index contributed by atoms with van der Waals surface area (Å²) in [5, 5.41) is 11.3. The Morgan fingerprint density at radius 2 is 1.46 bits per heavy atom. The van der Waals surface area contributed by atoms with E-state index in [1.807, 2.05) is 20.8 Å². The zero-order chi connectivity index (χ0) is 39.6. The third-order valence-corrected chi connectivity index (χ3v) is 16.5. The Morgan fingerprint density at radius 1 is 0.852 bits per heavy atom. The van der Waals surface area contributed by atoms with Crippen LogP contribution < -0.4 is 21.3 Å². The first-order valence-electron chi connectivity index (χ1n) is 20.1. The van der Waals surface area contributed by atoms with Gasteiger partial charge in [-0.25, -0.2) is 22.0 Å². The summed E-state index contributed by atoms with van der Waals surface area (Å²) in [5.74, 6) is -5.78. The minimum Gasteiger partial charge on any atom is -0.347 e. The van der Waals surface area contributed by atoms with Crippen LogP contribution in [0.1, 0.15) is 131 Å². The maximum atomic E-state index is 14.9. The van der Waals surface area contributed by atoms with Gasteiger partial charge < -0.3 is 26.2 Å². The maximum Gasteiger partial charge on any atom is 0.315 e. The number of rotatable bonds is 13. The quantitative estimate of drug-likeness (QED) is 0.201. The van der Waals surface area contributed by atoms with Crippen molar-refractivity contribution in [2.24, 2.45) is 28.6 Å². The van der Waals surface area contributed by atoms with Crippen LogP contribution in [-0.2, 0) is 29.0 Å². The predicted molar refractivity (Wildman–Crippen MR) is 198 cm³/mol. The number of amides is 5. The molecule has 0 bridgehead atoms. The molecule has 0 radical (unpaired) electrons. The minimum atomic E-state index is -3.84. The number of hydrogen-bond donors (Lipinski definition) is 4. The SMILES string of the molecule is CC1([C@H](NC(=O)NC2(CS(=O)(=O)C(C)(C)C)CCC(F)(F)CC2)C(=O)N2C[C@H]3[C@@H]([C@H]2C(=O)NC(CC2CC2)C(=O)C(=O)NC2CC2)C3(C)C)CCCCC1. The average Bonchev–Trinajstić information content (AvgIpc) is 4.04. The third-order valence-electron chi connectivity index (χ3n) is 13.7. The van der Waals surface area contributed by atoms with Crippen molar-refractivity contribution < 1.29 is 41.2 Å². The number of fused-ring (bicyclic) bond motifs is 1. The lowest BCUT2D eigenvalue weighted by Gasteiger charge is -2.45. The normalized spacial score (nSPS) is 29.2. The number of halogens is 2. The van der Waals surface area contributed by atoms with Crippen LogP contribution in [0.25, 0.3) is 0 Å². The van der Waals surface area contributed by atoms with Gasteiger partial charge in [0.05, 0.1) is 22.1 Å². The van der Waals surface area contributed by atoms with Crippen molar-refractivity contribution in [3.63, 3.8) is 0 Å². The molecule has 6 aliphatic rings. The molecular formula is C39H61F2N5O7S. The molecular weight excluding hydrogens is 721 g/mol. The molecule has 5 amide bonds. The van der Waals surface area contributed by atoms with Crippen LogP contribution in [0, 0.1) is 28.6 Å². The van der Waals surface area contributed by atoms with E-state index in [4.69, 9.17) is 0 Å². The topological polar surface area (TPSA) is 171 Å². The average molecular weight is 782 g/mol. The standard InChI is InChI=1S/C39H61F2N5O7S/c1-35(2,3)54(52,53)22-38(16-18-39(40,41)19-17-38)45-34(51)44-30(37(6)14-8-7-9-15-37)33(50)46-21-25-27(36(25,4)5)28(46)31(48)43-26(20-23-10-11-23)29(47)32(49)42-24-12-13-24/h23-28,30H,7-22H2,1-6H3,(H,42,49)(H,43,48)(H2,44,45,51)/t25-,26?,27-,28-,30+/m0/s1. The van der Waals surface area contributed by atoms with E-state index in [1.165, 1.54) is 25.7 Å². The summed E-state index contributed by atoms with van der Waals surface area (Å²) in [4.78, 5) is 71.0. The van der Waals surface area contributed by atoms with Gasteiger partial charge in [-0.3, -0.25) is 19.2 Å². The van der Waals surface area contributed by atoms with Crippen LogP contribution in [0.2, 0.25) is 0 Å². The predicted octanol–water partition coefficient (Wildman–Crippen LogP) is 4.40. The number of hydrogen-bond acceptors (Lipinski definition) is 7. The maximum absolute atomic E-state index is 14.9. The summed E-state index contributed by atoms with van der Waals surface area (Å²) >= 11 is 0. The Morgan fingerprint density at radius 3 is 2.02 bits per heavy atom. The molecule has 1 saturated heterocycles. The summed E-state index contributed by atoms with van der Waals surface area (Å²) in [6, 6.07) is -3.86. The minimum absolute atomic E-state index is 0.0105. The van der Waals surface area contributed by atoms with Crippen LogP contribution in [0.4, 0.5) is 13.6 Å². The van der Waals surface area contributed by atoms with Gasteiger partial charge in [-0.1, -0.05) is 52.9 Å². The summed E-state index contributed by atoms with van der Waals surface area (Å²) in [6.07, 6.45) is 6.00. The molecule has 12 nitrogen and oxygen atoms in total. The number of carbonyl (C=O) groups is 5. The highest BCUT2D eigenvalue weighted by molar-refractivity contribution is 7.92. The van der Waals surface area contributed by atoms with Gasteiger partial charge in [0.15, 0.2) is 9.84 Å². The fraction of sp³-hybridized carbons (Fsp3) is 0.872. The van der Waals surface area contributed by atoms with Crippen LogP contribution in [0.15, 0.2) is 0 Å². The van der Waals surface area contributed by atoms with Gasteiger partial charge in [0, 0.05) is 25.4 Å². The summed E-state index contributed by atoms with van der Waals surface area (Å²) in [6.45, 7) is 10.9. The summed E-state index contributed by atoms with van der Waals surface area (Å²) in [5.41, 5.74) is -2.41. The van der Waals surface area contributed by atoms with Crippen molar-refractivity contribution in [1.29, 1.82) is 0 Å². The second-order valence-corrected chi connectivity index (χ2v) is 22.2. The monoisotopic (exact) mass is 781 g/mol. The van der Waals surface area contributed by atoms with Gasteiger partial charge in [-0.15, -0.1) is 0 Å². The first-order chi connectivity index (χ1) is 25.0. The number of nitrogens with zero attached hydrogens (tertiary/aromatic N) is 1. The van der Waals surface area contributed by atoms with Crippen molar-refractivity contribution in [3.05, 3.63) is 0 Å². The number of nitrogens with one attached hydrogen (secondary N) is 4. The number of ketones is 1. The number of sulfone groups is 1. The van der Waals surface area contributed by atoms with Crippen molar-refractivity contribution >= 4 is 39.4 Å². The van der Waals surface area contributed by atoms with E-state index in [1.54, 1.807) is 0 Å². The molecule has 304 valence electrons. The van der Waals surface area contributed by atoms with Crippen molar-refractivity contribution in [2.45, 2.75) is 172 Å². The van der Waals surface area contributed by atoms with Crippen LogP contribution in [-0.4, -0.2) is 95.5 Å². The molecule has 1 heterocycles. The highest BCUT2D eigenvalue weighted by Crippen LogP contribution is 2.65. The first-order valence-corrected chi connectivity index (χ1v) is 21.8. The number of alkyl halides is 2. The zero-order valence-corrected chi connectivity index (χ0v) is 33.6. The Kier molecular flexibility index (Phi) is 10.8. The smallest absolute Gasteiger partial charge is 0.315 e. The van der Waals surface area contributed by atoms with E-state index in [0.717, 1.165) is 44.9 Å². The first kappa shape index (κ1) is 40.8. The second-order valence-electron chi connectivity index (χ2n) is 19.5. The van der Waals surface area contributed by atoms with Crippen LogP contribution in [0.5, 0.6) is 0 Å². The highest BCUT2D eigenvalue weighted by atomic mass is 32.2. The molecule has 5 aliphatic carbocycles. The van der Waals surface area contributed by atoms with Crippen molar-refractivity contribution in [2.75, 3.05) is 12.3 Å². The molecule has 4 N–H and O–H groups in total. The molecule has 6 fully saturated rings. The fourth-order valence-electron chi connectivity index (χ4n) is 9.37. The lowest BCUT2D eigenvalue weighted by Crippen LogP contribution is -2.65. The van der Waals surface area contributed by atoms with Crippen LogP contribution >= 0.6 is 0 Å². The van der Waals surface area contributed by atoms with Gasteiger partial charge in [-0.05, 0) is 94.3 Å².